The van der Waals surface area contributed by atoms with Crippen molar-refractivity contribution in [3.8, 4) is 0 Å². The van der Waals surface area contributed by atoms with Crippen molar-refractivity contribution >= 4 is 41.9 Å². The highest BCUT2D eigenvalue weighted by Gasteiger charge is 2.16. The van der Waals surface area contributed by atoms with Crippen LogP contribution in [0.2, 0.25) is 0 Å². The summed E-state index contributed by atoms with van der Waals surface area (Å²) in [5, 5.41) is 0. The van der Waals surface area contributed by atoms with Crippen LogP contribution in [0.5, 0.6) is 0 Å². The van der Waals surface area contributed by atoms with Gasteiger partial charge in [-0.2, -0.15) is 0 Å². The molecule has 0 fully saturated rings. The van der Waals surface area contributed by atoms with Gasteiger partial charge in [0.25, 0.3) is 0 Å². The molecule has 0 saturated carbocycles. The van der Waals surface area contributed by atoms with Gasteiger partial charge in [-0.15, -0.1) is 0 Å². The standard InChI is InChI=1S/C11H16Br2N2O2S/c1-15(2)7-3-6-14-18(16,17)11-5-4-9(12)8-10(11)13/h4-5,8,14H,3,6-7H2,1-2H3. The fraction of sp³-hybridized carbons (Fsp3) is 0.455. The molecule has 102 valence electrons. The first kappa shape index (κ1) is 16.1. The number of nitrogens with one attached hydrogen (secondary N) is 1. The maximum atomic E-state index is 12.0. The first-order valence-corrected chi connectivity index (χ1v) is 8.49. The Labute approximate surface area is 125 Å². The lowest BCUT2D eigenvalue weighted by molar-refractivity contribution is 0.400. The second kappa shape index (κ2) is 7.00. The van der Waals surface area contributed by atoms with Crippen LogP contribution < -0.4 is 4.72 Å². The largest absolute Gasteiger partial charge is 0.309 e. The summed E-state index contributed by atoms with van der Waals surface area (Å²) < 4.78 is 28.1. The minimum Gasteiger partial charge on any atom is -0.309 e. The van der Waals surface area contributed by atoms with E-state index < -0.39 is 10.0 Å². The van der Waals surface area contributed by atoms with Crippen LogP contribution in [-0.2, 0) is 10.0 Å². The molecule has 7 heteroatoms. The van der Waals surface area contributed by atoms with E-state index >= 15 is 0 Å². The number of rotatable bonds is 6. The van der Waals surface area contributed by atoms with E-state index in [4.69, 9.17) is 0 Å². The lowest BCUT2D eigenvalue weighted by Gasteiger charge is -2.11. The Morgan fingerprint density at radius 2 is 1.94 bits per heavy atom. The maximum Gasteiger partial charge on any atom is 0.241 e. The van der Waals surface area contributed by atoms with E-state index in [1.807, 2.05) is 19.0 Å². The minimum absolute atomic E-state index is 0.260. The molecule has 0 heterocycles. The molecule has 0 unspecified atom stereocenters. The third-order valence-corrected chi connectivity index (χ3v) is 5.19. The Kier molecular flexibility index (Phi) is 6.26. The summed E-state index contributed by atoms with van der Waals surface area (Å²) in [4.78, 5) is 2.28. The highest BCUT2D eigenvalue weighted by molar-refractivity contribution is 9.11. The van der Waals surface area contributed by atoms with Gasteiger partial charge >= 0.3 is 0 Å². The Hall–Kier alpha value is 0.0500. The SMILES string of the molecule is CN(C)CCCNS(=O)(=O)c1ccc(Br)cc1Br. The molecule has 0 bridgehead atoms. The Morgan fingerprint density at radius 3 is 2.50 bits per heavy atom. The third kappa shape index (κ3) is 4.97. The van der Waals surface area contributed by atoms with Gasteiger partial charge in [-0.25, -0.2) is 13.1 Å². The van der Waals surface area contributed by atoms with E-state index in [-0.39, 0.29) is 4.90 Å². The van der Waals surface area contributed by atoms with Crippen molar-refractivity contribution in [3.05, 3.63) is 27.1 Å². The maximum absolute atomic E-state index is 12.0. The van der Waals surface area contributed by atoms with Crippen LogP contribution in [0.1, 0.15) is 6.42 Å². The topological polar surface area (TPSA) is 49.4 Å². The summed E-state index contributed by atoms with van der Waals surface area (Å²) >= 11 is 6.55. The number of sulfonamides is 1. The molecule has 0 aliphatic heterocycles. The molecular formula is C11H16Br2N2O2S. The molecule has 0 amide bonds. The van der Waals surface area contributed by atoms with Gasteiger partial charge < -0.3 is 4.90 Å². The van der Waals surface area contributed by atoms with Crippen LogP contribution in [0, 0.1) is 0 Å². The van der Waals surface area contributed by atoms with Gasteiger partial charge in [0.1, 0.15) is 0 Å². The fourth-order valence-electron chi connectivity index (χ4n) is 1.37. The molecule has 1 rings (SSSR count). The predicted octanol–water partition coefficient (Wildman–Crippen LogP) is 2.44. The monoisotopic (exact) mass is 398 g/mol. The smallest absolute Gasteiger partial charge is 0.241 e. The van der Waals surface area contributed by atoms with Crippen molar-refractivity contribution < 1.29 is 8.42 Å². The van der Waals surface area contributed by atoms with Crippen LogP contribution in [0.25, 0.3) is 0 Å². The van der Waals surface area contributed by atoms with E-state index in [2.05, 4.69) is 36.6 Å². The molecular weight excluding hydrogens is 384 g/mol. The molecule has 4 nitrogen and oxygen atoms in total. The van der Waals surface area contributed by atoms with Gasteiger partial charge in [-0.05, 0) is 61.2 Å². The number of halogens is 2. The zero-order valence-electron chi connectivity index (χ0n) is 10.3. The molecule has 0 radical (unpaired) electrons. The van der Waals surface area contributed by atoms with Crippen LogP contribution in [0.4, 0.5) is 0 Å². The lowest BCUT2D eigenvalue weighted by Crippen LogP contribution is -2.27. The highest BCUT2D eigenvalue weighted by Crippen LogP contribution is 2.25. The second-order valence-electron chi connectivity index (χ2n) is 4.13. The quantitative estimate of drug-likeness (QED) is 0.747. The normalized spacial score (nSPS) is 12.1. The van der Waals surface area contributed by atoms with Crippen molar-refractivity contribution in [2.24, 2.45) is 0 Å². The molecule has 0 aromatic heterocycles. The second-order valence-corrected chi connectivity index (χ2v) is 7.63. The van der Waals surface area contributed by atoms with Gasteiger partial charge in [0.15, 0.2) is 0 Å². The molecule has 1 aromatic carbocycles. The molecule has 0 atom stereocenters. The van der Waals surface area contributed by atoms with Crippen molar-refractivity contribution in [1.29, 1.82) is 0 Å². The Balaban J connectivity index is 2.69. The molecule has 0 aliphatic rings. The van der Waals surface area contributed by atoms with E-state index in [9.17, 15) is 8.42 Å². The van der Waals surface area contributed by atoms with Crippen molar-refractivity contribution in [2.45, 2.75) is 11.3 Å². The molecule has 1 N–H and O–H groups in total. The van der Waals surface area contributed by atoms with E-state index in [0.29, 0.717) is 11.0 Å². The van der Waals surface area contributed by atoms with Crippen LogP contribution >= 0.6 is 31.9 Å². The van der Waals surface area contributed by atoms with Gasteiger partial charge in [0.05, 0.1) is 4.90 Å². The Morgan fingerprint density at radius 1 is 1.28 bits per heavy atom. The summed E-state index contributed by atoms with van der Waals surface area (Å²) in [7, 11) is 0.474. The van der Waals surface area contributed by atoms with Gasteiger partial charge in [0, 0.05) is 15.5 Å². The number of nitrogens with zero attached hydrogens (tertiary/aromatic N) is 1. The summed E-state index contributed by atoms with van der Waals surface area (Å²) in [5.74, 6) is 0. The first-order valence-electron chi connectivity index (χ1n) is 5.42. The van der Waals surface area contributed by atoms with E-state index in [1.165, 1.54) is 0 Å². The molecule has 0 spiro atoms. The number of hydrogen-bond donors (Lipinski definition) is 1. The van der Waals surface area contributed by atoms with Crippen molar-refractivity contribution in [1.82, 2.24) is 9.62 Å². The van der Waals surface area contributed by atoms with E-state index in [1.54, 1.807) is 18.2 Å². The average Bonchev–Trinajstić information content (AvgIpc) is 2.23. The van der Waals surface area contributed by atoms with Gasteiger partial charge in [0.2, 0.25) is 10.0 Å². The van der Waals surface area contributed by atoms with Crippen LogP contribution in [0.15, 0.2) is 32.0 Å². The molecule has 0 aliphatic carbocycles. The van der Waals surface area contributed by atoms with Crippen LogP contribution in [0.3, 0.4) is 0 Å². The minimum atomic E-state index is -3.44. The van der Waals surface area contributed by atoms with Crippen molar-refractivity contribution in [2.75, 3.05) is 27.2 Å². The lowest BCUT2D eigenvalue weighted by atomic mass is 10.4. The fourth-order valence-corrected chi connectivity index (χ4v) is 4.19. The van der Waals surface area contributed by atoms with Gasteiger partial charge in [-0.3, -0.25) is 0 Å². The third-order valence-electron chi connectivity index (χ3n) is 2.26. The highest BCUT2D eigenvalue weighted by atomic mass is 79.9. The van der Waals surface area contributed by atoms with E-state index in [0.717, 1.165) is 17.4 Å². The molecule has 0 saturated heterocycles. The number of hydrogen-bond acceptors (Lipinski definition) is 3. The Bertz CT molecular complexity index is 504. The van der Waals surface area contributed by atoms with Crippen molar-refractivity contribution in [3.63, 3.8) is 0 Å². The summed E-state index contributed by atoms with van der Waals surface area (Å²) in [6.07, 6.45) is 0.778. The predicted molar refractivity (Wildman–Crippen MR) is 80.2 cm³/mol. The zero-order valence-corrected chi connectivity index (χ0v) is 14.3. The molecule has 18 heavy (non-hydrogen) atoms. The average molecular weight is 400 g/mol. The molecule has 1 aromatic rings. The zero-order chi connectivity index (χ0) is 13.8. The summed E-state index contributed by atoms with van der Waals surface area (Å²) in [6, 6.07) is 5.00. The summed E-state index contributed by atoms with van der Waals surface area (Å²) in [6.45, 7) is 1.28. The number of benzene rings is 1. The first-order chi connectivity index (χ1) is 8.33. The summed E-state index contributed by atoms with van der Waals surface area (Å²) in [5.41, 5.74) is 0. The van der Waals surface area contributed by atoms with Gasteiger partial charge in [-0.1, -0.05) is 15.9 Å². The van der Waals surface area contributed by atoms with Crippen LogP contribution in [-0.4, -0.2) is 40.5 Å².